The van der Waals surface area contributed by atoms with Gasteiger partial charge < -0.3 is 15.0 Å². The van der Waals surface area contributed by atoms with E-state index in [1.54, 1.807) is 6.07 Å². The van der Waals surface area contributed by atoms with Crippen molar-refractivity contribution in [2.24, 2.45) is 0 Å². The third-order valence-corrected chi connectivity index (χ3v) is 4.07. The maximum absolute atomic E-state index is 12.1. The first-order valence-electron chi connectivity index (χ1n) is 8.24. The third kappa shape index (κ3) is 5.39. The Labute approximate surface area is 144 Å². The van der Waals surface area contributed by atoms with Gasteiger partial charge in [-0.15, -0.1) is 0 Å². The van der Waals surface area contributed by atoms with Crippen molar-refractivity contribution in [3.8, 4) is 5.75 Å². The van der Waals surface area contributed by atoms with Gasteiger partial charge in [0.15, 0.2) is 0 Å². The molecule has 2 aromatic rings. The minimum atomic E-state index is -0.423. The summed E-state index contributed by atoms with van der Waals surface area (Å²) in [5.41, 5.74) is 2.30. The highest BCUT2D eigenvalue weighted by Crippen LogP contribution is 2.22. The van der Waals surface area contributed by atoms with Crippen LogP contribution in [0, 0.1) is 0 Å². The lowest BCUT2D eigenvalue weighted by atomic mass is 10.1. The monoisotopic (exact) mass is 326 g/mol. The van der Waals surface area contributed by atoms with Gasteiger partial charge in [0.25, 0.3) is 0 Å². The molecule has 24 heavy (non-hydrogen) atoms. The number of amides is 1. The summed E-state index contributed by atoms with van der Waals surface area (Å²) in [5.74, 6) is 0.561. The van der Waals surface area contributed by atoms with Gasteiger partial charge in [0.05, 0.1) is 0 Å². The van der Waals surface area contributed by atoms with E-state index in [1.165, 1.54) is 5.56 Å². The molecule has 0 bridgehead atoms. The Hall–Kier alpha value is -2.33. The summed E-state index contributed by atoms with van der Waals surface area (Å²) in [6.45, 7) is 4.08. The largest absolute Gasteiger partial charge is 0.412 e. The van der Waals surface area contributed by atoms with E-state index in [-0.39, 0.29) is 12.1 Å². The predicted octanol–water partition coefficient (Wildman–Crippen LogP) is 4.03. The molecule has 0 heterocycles. The van der Waals surface area contributed by atoms with Gasteiger partial charge in [-0.2, -0.15) is 0 Å². The molecule has 1 unspecified atom stereocenters. The van der Waals surface area contributed by atoms with Crippen LogP contribution in [0.2, 0.25) is 0 Å². The topological polar surface area (TPSA) is 41.6 Å². The summed E-state index contributed by atoms with van der Waals surface area (Å²) in [5, 5.41) is 2.88. The molecule has 0 aliphatic heterocycles. The maximum atomic E-state index is 12.1. The fourth-order valence-electron chi connectivity index (χ4n) is 2.49. The smallest absolute Gasteiger partial charge is 0.410 e. The first-order valence-corrected chi connectivity index (χ1v) is 8.24. The summed E-state index contributed by atoms with van der Waals surface area (Å²) >= 11 is 0. The Morgan fingerprint density at radius 1 is 1.08 bits per heavy atom. The molecule has 0 aromatic heterocycles. The molecule has 4 heteroatoms. The average Bonchev–Trinajstić information content (AvgIpc) is 2.54. The molecule has 0 aliphatic carbocycles. The molecule has 4 nitrogen and oxygen atoms in total. The van der Waals surface area contributed by atoms with E-state index in [0.717, 1.165) is 12.0 Å². The Morgan fingerprint density at radius 3 is 2.46 bits per heavy atom. The number of hydrogen-bond donors (Lipinski definition) is 1. The van der Waals surface area contributed by atoms with E-state index in [9.17, 15) is 4.79 Å². The van der Waals surface area contributed by atoms with Crippen molar-refractivity contribution in [3.63, 3.8) is 0 Å². The van der Waals surface area contributed by atoms with Gasteiger partial charge in [0.2, 0.25) is 0 Å². The van der Waals surface area contributed by atoms with Crippen LogP contribution in [0.5, 0.6) is 5.75 Å². The van der Waals surface area contributed by atoms with Crippen LogP contribution >= 0.6 is 0 Å². The third-order valence-electron chi connectivity index (χ3n) is 4.07. The number of nitrogens with one attached hydrogen (secondary N) is 1. The number of rotatable bonds is 6. The van der Waals surface area contributed by atoms with Crippen molar-refractivity contribution in [2.75, 3.05) is 14.1 Å². The van der Waals surface area contributed by atoms with Crippen LogP contribution in [0.1, 0.15) is 31.0 Å². The van der Waals surface area contributed by atoms with Gasteiger partial charge in [-0.3, -0.25) is 0 Å². The van der Waals surface area contributed by atoms with Crippen molar-refractivity contribution in [3.05, 3.63) is 65.7 Å². The standard InChI is InChI=1S/C20H26N2O2/c1-15(13-17-9-6-5-7-10-17)21-20(23)24-19-12-8-11-18(14-19)16(2)22(3)4/h5-12,14-16H,13H2,1-4H3,(H,21,23)/t15?,16-/m0/s1. The second-order valence-electron chi connectivity index (χ2n) is 6.34. The molecule has 128 valence electrons. The molecule has 0 radical (unpaired) electrons. The number of ether oxygens (including phenoxy) is 1. The summed E-state index contributed by atoms with van der Waals surface area (Å²) in [7, 11) is 4.05. The molecule has 0 fully saturated rings. The van der Waals surface area contributed by atoms with E-state index < -0.39 is 6.09 Å². The molecule has 1 amide bonds. The first kappa shape index (κ1) is 18.0. The van der Waals surface area contributed by atoms with Crippen LogP contribution in [0.15, 0.2) is 54.6 Å². The molecule has 2 aromatic carbocycles. The van der Waals surface area contributed by atoms with Crippen LogP contribution in [0.4, 0.5) is 4.79 Å². The van der Waals surface area contributed by atoms with Crippen LogP contribution in [0.3, 0.4) is 0 Å². The number of nitrogens with zero attached hydrogens (tertiary/aromatic N) is 1. The first-order chi connectivity index (χ1) is 11.5. The summed E-state index contributed by atoms with van der Waals surface area (Å²) in [6.07, 6.45) is 0.348. The highest BCUT2D eigenvalue weighted by molar-refractivity contribution is 5.70. The highest BCUT2D eigenvalue weighted by Gasteiger charge is 2.12. The maximum Gasteiger partial charge on any atom is 0.412 e. The van der Waals surface area contributed by atoms with Crippen LogP contribution in [-0.2, 0) is 6.42 Å². The number of carbonyl (C=O) groups is 1. The number of hydrogen-bond acceptors (Lipinski definition) is 3. The summed E-state index contributed by atoms with van der Waals surface area (Å²) in [6, 6.07) is 18.0. The van der Waals surface area contributed by atoms with Crippen molar-refractivity contribution in [1.82, 2.24) is 10.2 Å². The normalized spacial score (nSPS) is 13.4. The summed E-state index contributed by atoms with van der Waals surface area (Å²) in [4.78, 5) is 14.2. The quantitative estimate of drug-likeness (QED) is 0.871. The van der Waals surface area contributed by atoms with Crippen molar-refractivity contribution >= 4 is 6.09 Å². The second kappa shape index (κ2) is 8.50. The zero-order chi connectivity index (χ0) is 17.5. The lowest BCUT2D eigenvalue weighted by Gasteiger charge is -2.20. The Kier molecular flexibility index (Phi) is 6.38. The zero-order valence-corrected chi connectivity index (χ0v) is 14.8. The molecular formula is C20H26N2O2. The summed E-state index contributed by atoms with van der Waals surface area (Å²) < 4.78 is 5.42. The molecule has 1 N–H and O–H groups in total. The predicted molar refractivity (Wildman–Crippen MR) is 97.3 cm³/mol. The Bertz CT molecular complexity index is 656. The zero-order valence-electron chi connectivity index (χ0n) is 14.8. The minimum Gasteiger partial charge on any atom is -0.410 e. The van der Waals surface area contributed by atoms with Crippen molar-refractivity contribution in [1.29, 1.82) is 0 Å². The molecule has 0 aliphatic rings. The van der Waals surface area contributed by atoms with Crippen LogP contribution in [-0.4, -0.2) is 31.1 Å². The Balaban J connectivity index is 1.91. The second-order valence-corrected chi connectivity index (χ2v) is 6.34. The fourth-order valence-corrected chi connectivity index (χ4v) is 2.49. The van der Waals surface area contributed by atoms with Crippen LogP contribution in [0.25, 0.3) is 0 Å². The molecule has 2 rings (SSSR count). The SMILES string of the molecule is CC(Cc1ccccc1)NC(=O)Oc1cccc([C@H](C)N(C)C)c1. The van der Waals surface area contributed by atoms with Gasteiger partial charge in [-0.05, 0) is 57.6 Å². The number of carbonyl (C=O) groups excluding carboxylic acids is 1. The molecular weight excluding hydrogens is 300 g/mol. The lowest BCUT2D eigenvalue weighted by molar-refractivity contribution is 0.196. The molecule has 2 atom stereocenters. The van der Waals surface area contributed by atoms with E-state index in [2.05, 4.69) is 29.3 Å². The van der Waals surface area contributed by atoms with E-state index in [0.29, 0.717) is 5.75 Å². The molecule has 0 spiro atoms. The van der Waals surface area contributed by atoms with Gasteiger partial charge in [0, 0.05) is 12.1 Å². The van der Waals surface area contributed by atoms with Gasteiger partial charge >= 0.3 is 6.09 Å². The Morgan fingerprint density at radius 2 is 1.79 bits per heavy atom. The van der Waals surface area contributed by atoms with E-state index >= 15 is 0 Å². The average molecular weight is 326 g/mol. The number of benzene rings is 2. The molecule has 0 saturated carbocycles. The molecule has 0 saturated heterocycles. The van der Waals surface area contributed by atoms with Gasteiger partial charge in [-0.1, -0.05) is 42.5 Å². The van der Waals surface area contributed by atoms with Crippen molar-refractivity contribution in [2.45, 2.75) is 32.4 Å². The van der Waals surface area contributed by atoms with E-state index in [1.807, 2.05) is 57.4 Å². The van der Waals surface area contributed by atoms with E-state index in [4.69, 9.17) is 4.74 Å². The highest BCUT2D eigenvalue weighted by atomic mass is 16.6. The van der Waals surface area contributed by atoms with Gasteiger partial charge in [-0.25, -0.2) is 4.79 Å². The minimum absolute atomic E-state index is 0.00350. The van der Waals surface area contributed by atoms with Gasteiger partial charge in [0.1, 0.15) is 5.75 Å². The van der Waals surface area contributed by atoms with Crippen LogP contribution < -0.4 is 10.1 Å². The van der Waals surface area contributed by atoms with Crippen molar-refractivity contribution < 1.29 is 9.53 Å². The lowest BCUT2D eigenvalue weighted by Crippen LogP contribution is -2.36. The fraction of sp³-hybridized carbons (Fsp3) is 0.350.